The van der Waals surface area contributed by atoms with Gasteiger partial charge in [-0.15, -0.1) is 0 Å². The molecule has 24 heavy (non-hydrogen) atoms. The monoisotopic (exact) mass is 341 g/mol. The minimum Gasteiger partial charge on any atom is -0.504 e. The Bertz CT molecular complexity index is 851. The van der Waals surface area contributed by atoms with Crippen molar-refractivity contribution in [2.24, 2.45) is 0 Å². The molecule has 122 valence electrons. The van der Waals surface area contributed by atoms with E-state index in [9.17, 15) is 9.90 Å². The van der Waals surface area contributed by atoms with Crippen LogP contribution in [0.4, 0.5) is 0 Å². The van der Waals surface area contributed by atoms with Crippen molar-refractivity contribution in [3.63, 3.8) is 0 Å². The van der Waals surface area contributed by atoms with Gasteiger partial charge < -0.3 is 14.7 Å². The number of carbonyl (C=O) groups excluding carboxylic acids is 1. The van der Waals surface area contributed by atoms with Gasteiger partial charge in [-0.3, -0.25) is 4.79 Å². The van der Waals surface area contributed by atoms with Crippen LogP contribution in [0.2, 0.25) is 5.02 Å². The van der Waals surface area contributed by atoms with Crippen LogP contribution < -0.4 is 4.74 Å². The summed E-state index contributed by atoms with van der Waals surface area (Å²) in [5.41, 5.74) is 2.70. The number of aromatic hydroxyl groups is 1. The Kier molecular flexibility index (Phi) is 4.64. The third-order valence-corrected chi connectivity index (χ3v) is 4.17. The molecule has 0 unspecified atom stereocenters. The number of ether oxygens (including phenoxy) is 1. The van der Waals surface area contributed by atoms with Gasteiger partial charge >= 0.3 is 0 Å². The number of hydrogen-bond donors (Lipinski definition) is 1. The summed E-state index contributed by atoms with van der Waals surface area (Å²) in [5.74, 6) is 5.82. The van der Waals surface area contributed by atoms with Gasteiger partial charge in [0.2, 0.25) is 0 Å². The third kappa shape index (κ3) is 3.47. The minimum absolute atomic E-state index is 0.122. The summed E-state index contributed by atoms with van der Waals surface area (Å²) in [4.78, 5) is 14.0. The number of methoxy groups -OCH3 is 1. The van der Waals surface area contributed by atoms with Crippen molar-refractivity contribution in [3.8, 4) is 23.3 Å². The molecule has 0 spiro atoms. The second-order valence-corrected chi connectivity index (χ2v) is 5.97. The summed E-state index contributed by atoms with van der Waals surface area (Å²) < 4.78 is 5.13. The second kappa shape index (κ2) is 6.86. The highest BCUT2D eigenvalue weighted by atomic mass is 35.5. The van der Waals surface area contributed by atoms with E-state index < -0.39 is 0 Å². The van der Waals surface area contributed by atoms with E-state index in [0.717, 1.165) is 11.1 Å². The van der Waals surface area contributed by atoms with E-state index in [-0.39, 0.29) is 11.7 Å². The van der Waals surface area contributed by atoms with Gasteiger partial charge in [0.25, 0.3) is 5.91 Å². The third-order valence-electron chi connectivity index (χ3n) is 3.94. The Labute approximate surface area is 145 Å². The molecule has 1 amide bonds. The normalized spacial score (nSPS) is 12.8. The average molecular weight is 342 g/mol. The summed E-state index contributed by atoms with van der Waals surface area (Å²) in [6.45, 7) is 1.02. The van der Waals surface area contributed by atoms with Crippen LogP contribution in [0, 0.1) is 11.8 Å². The lowest BCUT2D eigenvalue weighted by molar-refractivity contribution is -0.125. The molecule has 1 aliphatic heterocycles. The number of amides is 1. The topological polar surface area (TPSA) is 49.8 Å². The van der Waals surface area contributed by atoms with Crippen LogP contribution in [0.25, 0.3) is 0 Å². The first-order chi connectivity index (χ1) is 11.6. The Hall–Kier alpha value is -2.64. The van der Waals surface area contributed by atoms with Crippen molar-refractivity contribution in [1.29, 1.82) is 0 Å². The van der Waals surface area contributed by atoms with Gasteiger partial charge in [-0.05, 0) is 47.9 Å². The largest absolute Gasteiger partial charge is 0.504 e. The average Bonchev–Trinajstić information content (AvgIpc) is 2.58. The molecule has 0 fully saturated rings. The maximum absolute atomic E-state index is 12.3. The van der Waals surface area contributed by atoms with Crippen molar-refractivity contribution in [3.05, 3.63) is 58.1 Å². The lowest BCUT2D eigenvalue weighted by Gasteiger charge is -2.27. The number of phenols is 1. The molecule has 0 bridgehead atoms. The summed E-state index contributed by atoms with van der Waals surface area (Å²) in [5, 5.41) is 10.4. The molecular weight excluding hydrogens is 326 g/mol. The van der Waals surface area contributed by atoms with E-state index >= 15 is 0 Å². The van der Waals surface area contributed by atoms with Gasteiger partial charge in [0, 0.05) is 29.6 Å². The molecule has 0 aliphatic carbocycles. The smallest absolute Gasteiger partial charge is 0.299 e. The van der Waals surface area contributed by atoms with Gasteiger partial charge in [0.05, 0.1) is 7.11 Å². The summed E-state index contributed by atoms with van der Waals surface area (Å²) in [7, 11) is 1.50. The first-order valence-electron chi connectivity index (χ1n) is 7.52. The highest BCUT2D eigenvalue weighted by Gasteiger charge is 2.21. The maximum Gasteiger partial charge on any atom is 0.299 e. The Morgan fingerprint density at radius 1 is 1.29 bits per heavy atom. The van der Waals surface area contributed by atoms with Gasteiger partial charge in [0.1, 0.15) is 0 Å². The van der Waals surface area contributed by atoms with Crippen LogP contribution in [-0.4, -0.2) is 29.6 Å². The molecule has 2 aromatic carbocycles. The van der Waals surface area contributed by atoms with Gasteiger partial charge in [0.15, 0.2) is 11.5 Å². The molecule has 5 heteroatoms. The van der Waals surface area contributed by atoms with Crippen LogP contribution in [0.3, 0.4) is 0 Å². The SMILES string of the molecule is COc1cc2c(cc1O)CCN(C(=O)C#Cc1cccc(Cl)c1)C2. The van der Waals surface area contributed by atoms with E-state index in [2.05, 4.69) is 11.8 Å². The molecule has 0 saturated carbocycles. The fraction of sp³-hybridized carbons (Fsp3) is 0.211. The highest BCUT2D eigenvalue weighted by molar-refractivity contribution is 6.30. The van der Waals surface area contributed by atoms with E-state index in [1.54, 1.807) is 35.2 Å². The number of phenolic OH excluding ortho intramolecular Hbond substituents is 1. The van der Waals surface area contributed by atoms with Crippen LogP contribution in [0.15, 0.2) is 36.4 Å². The van der Waals surface area contributed by atoms with Crippen LogP contribution in [-0.2, 0) is 17.8 Å². The maximum atomic E-state index is 12.3. The van der Waals surface area contributed by atoms with Gasteiger partial charge in [-0.25, -0.2) is 0 Å². The van der Waals surface area contributed by atoms with Gasteiger partial charge in [-0.1, -0.05) is 23.6 Å². The summed E-state index contributed by atoms with van der Waals surface area (Å²) >= 11 is 5.91. The first kappa shape index (κ1) is 16.2. The van der Waals surface area contributed by atoms with E-state index in [1.165, 1.54) is 7.11 Å². The van der Waals surface area contributed by atoms with Crippen molar-refractivity contribution < 1.29 is 14.6 Å². The van der Waals surface area contributed by atoms with E-state index in [0.29, 0.717) is 35.8 Å². The van der Waals surface area contributed by atoms with Crippen molar-refractivity contribution >= 4 is 17.5 Å². The summed E-state index contributed by atoms with van der Waals surface area (Å²) in [6.07, 6.45) is 0.678. The molecule has 2 aromatic rings. The molecular formula is C19H16ClNO3. The zero-order valence-corrected chi connectivity index (χ0v) is 13.9. The van der Waals surface area contributed by atoms with Crippen LogP contribution in [0.5, 0.6) is 11.5 Å². The highest BCUT2D eigenvalue weighted by Crippen LogP contribution is 2.32. The second-order valence-electron chi connectivity index (χ2n) is 5.53. The molecule has 0 saturated heterocycles. The minimum atomic E-state index is -0.229. The van der Waals surface area contributed by atoms with Crippen molar-refractivity contribution in [1.82, 2.24) is 4.90 Å². The van der Waals surface area contributed by atoms with E-state index in [1.807, 2.05) is 6.07 Å². The quantitative estimate of drug-likeness (QED) is 0.811. The predicted molar refractivity (Wildman–Crippen MR) is 92.1 cm³/mol. The summed E-state index contributed by atoms with van der Waals surface area (Å²) in [6, 6.07) is 10.6. The van der Waals surface area contributed by atoms with Crippen LogP contribution >= 0.6 is 11.6 Å². The predicted octanol–water partition coefficient (Wildman–Crippen LogP) is 2.99. The molecule has 4 nitrogen and oxygen atoms in total. The number of fused-ring (bicyclic) bond motifs is 1. The molecule has 3 rings (SSSR count). The van der Waals surface area contributed by atoms with Crippen molar-refractivity contribution in [2.45, 2.75) is 13.0 Å². The number of carbonyl (C=O) groups is 1. The standard InChI is InChI=1S/C19H16ClNO3/c1-24-18-11-15-12-21(8-7-14(15)10-17(18)22)19(23)6-5-13-3-2-4-16(20)9-13/h2-4,9-11,22H,7-8,12H2,1H3. The number of benzene rings is 2. The molecule has 0 atom stereocenters. The number of hydrogen-bond acceptors (Lipinski definition) is 3. The lowest BCUT2D eigenvalue weighted by atomic mass is 9.99. The molecule has 0 aromatic heterocycles. The fourth-order valence-electron chi connectivity index (χ4n) is 2.68. The van der Waals surface area contributed by atoms with Crippen LogP contribution in [0.1, 0.15) is 16.7 Å². The first-order valence-corrected chi connectivity index (χ1v) is 7.90. The Morgan fingerprint density at radius 2 is 2.12 bits per heavy atom. The Balaban J connectivity index is 1.77. The van der Waals surface area contributed by atoms with E-state index in [4.69, 9.17) is 16.3 Å². The number of halogens is 1. The molecule has 1 heterocycles. The molecule has 0 radical (unpaired) electrons. The lowest BCUT2D eigenvalue weighted by Crippen LogP contribution is -2.35. The Morgan fingerprint density at radius 3 is 2.88 bits per heavy atom. The zero-order chi connectivity index (χ0) is 17.1. The zero-order valence-electron chi connectivity index (χ0n) is 13.2. The molecule has 1 N–H and O–H groups in total. The fourth-order valence-corrected chi connectivity index (χ4v) is 2.87. The molecule has 1 aliphatic rings. The number of rotatable bonds is 1. The van der Waals surface area contributed by atoms with Gasteiger partial charge in [-0.2, -0.15) is 0 Å². The van der Waals surface area contributed by atoms with Crippen molar-refractivity contribution in [2.75, 3.05) is 13.7 Å². The number of nitrogens with zero attached hydrogens (tertiary/aromatic N) is 1.